The van der Waals surface area contributed by atoms with Gasteiger partial charge in [-0.1, -0.05) is 12.1 Å². The van der Waals surface area contributed by atoms with Gasteiger partial charge in [0.05, 0.1) is 28.5 Å². The molecule has 0 aliphatic carbocycles. The highest BCUT2D eigenvalue weighted by Gasteiger charge is 2.25. The SMILES string of the molecule is C[C@@H](c1nc2ccccc2c(=O)[nH]1)N1CCN(c2ncnc3c2cnn3C)CC1. The molecule has 9 heteroatoms. The first-order valence-corrected chi connectivity index (χ1v) is 9.72. The average Bonchev–Trinajstić information content (AvgIpc) is 3.14. The van der Waals surface area contributed by atoms with Gasteiger partial charge in [-0.2, -0.15) is 5.10 Å². The lowest BCUT2D eigenvalue weighted by atomic mass is 10.2. The lowest BCUT2D eigenvalue weighted by molar-refractivity contribution is 0.191. The van der Waals surface area contributed by atoms with E-state index in [1.807, 2.05) is 31.4 Å². The lowest BCUT2D eigenvalue weighted by Gasteiger charge is -2.38. The monoisotopic (exact) mass is 390 g/mol. The van der Waals surface area contributed by atoms with Crippen LogP contribution in [0.1, 0.15) is 18.8 Å². The second-order valence-corrected chi connectivity index (χ2v) is 7.37. The number of rotatable bonds is 3. The highest BCUT2D eigenvalue weighted by Crippen LogP contribution is 2.25. The van der Waals surface area contributed by atoms with E-state index >= 15 is 0 Å². The maximum Gasteiger partial charge on any atom is 0.258 e. The Kier molecular flexibility index (Phi) is 4.24. The lowest BCUT2D eigenvalue weighted by Crippen LogP contribution is -2.48. The zero-order valence-corrected chi connectivity index (χ0v) is 16.4. The molecule has 29 heavy (non-hydrogen) atoms. The Morgan fingerprint density at radius 2 is 1.86 bits per heavy atom. The van der Waals surface area contributed by atoms with E-state index in [0.29, 0.717) is 11.2 Å². The summed E-state index contributed by atoms with van der Waals surface area (Å²) in [5.74, 6) is 1.63. The molecule has 0 bridgehead atoms. The number of aromatic nitrogens is 6. The van der Waals surface area contributed by atoms with E-state index < -0.39 is 0 Å². The Balaban J connectivity index is 1.36. The standard InChI is InChI=1S/C20H22N8O/c1-13(17-24-16-6-4-3-5-14(16)20(29)25-17)27-7-9-28(10-8-27)19-15-11-23-26(2)18(15)21-12-22-19/h3-6,11-13H,7-10H2,1-2H3,(H,24,25,29)/t13-/m0/s1. The van der Waals surface area contributed by atoms with Crippen molar-refractivity contribution in [1.82, 2.24) is 34.6 Å². The van der Waals surface area contributed by atoms with Crippen LogP contribution in [0.5, 0.6) is 0 Å². The molecule has 4 aromatic rings. The van der Waals surface area contributed by atoms with Crippen LogP contribution in [-0.4, -0.2) is 60.8 Å². The molecule has 1 fully saturated rings. The molecule has 1 aliphatic heterocycles. The molecule has 0 amide bonds. The minimum Gasteiger partial charge on any atom is -0.353 e. The van der Waals surface area contributed by atoms with Gasteiger partial charge in [0, 0.05) is 33.2 Å². The van der Waals surface area contributed by atoms with Crippen LogP contribution < -0.4 is 10.5 Å². The quantitative estimate of drug-likeness (QED) is 0.566. The fraction of sp³-hybridized carbons (Fsp3) is 0.350. The predicted octanol–water partition coefficient (Wildman–Crippen LogP) is 1.48. The zero-order chi connectivity index (χ0) is 20.0. The Labute approximate surface area is 167 Å². The number of hydrogen-bond acceptors (Lipinski definition) is 7. The summed E-state index contributed by atoms with van der Waals surface area (Å²) in [6, 6.07) is 7.47. The number of hydrogen-bond donors (Lipinski definition) is 1. The van der Waals surface area contributed by atoms with Crippen molar-refractivity contribution in [1.29, 1.82) is 0 Å². The summed E-state index contributed by atoms with van der Waals surface area (Å²) in [5.41, 5.74) is 1.48. The molecule has 1 aromatic carbocycles. The number of nitrogens with one attached hydrogen (secondary N) is 1. The van der Waals surface area contributed by atoms with Gasteiger partial charge in [-0.05, 0) is 19.1 Å². The molecule has 1 aliphatic rings. The van der Waals surface area contributed by atoms with E-state index in [0.717, 1.165) is 48.5 Å². The van der Waals surface area contributed by atoms with Gasteiger partial charge in [0.15, 0.2) is 5.65 Å². The van der Waals surface area contributed by atoms with Gasteiger partial charge in [-0.3, -0.25) is 14.4 Å². The van der Waals surface area contributed by atoms with Crippen LogP contribution >= 0.6 is 0 Å². The molecule has 5 rings (SSSR count). The van der Waals surface area contributed by atoms with Crippen LogP contribution in [0.4, 0.5) is 5.82 Å². The first-order valence-electron chi connectivity index (χ1n) is 9.72. The number of para-hydroxylation sites is 1. The fourth-order valence-electron chi connectivity index (χ4n) is 4.00. The summed E-state index contributed by atoms with van der Waals surface area (Å²) < 4.78 is 1.76. The Morgan fingerprint density at radius 3 is 2.69 bits per heavy atom. The molecule has 0 unspecified atom stereocenters. The van der Waals surface area contributed by atoms with Crippen molar-refractivity contribution in [2.45, 2.75) is 13.0 Å². The first kappa shape index (κ1) is 17.7. The van der Waals surface area contributed by atoms with Gasteiger partial charge in [-0.25, -0.2) is 15.0 Å². The second kappa shape index (κ2) is 6.93. The van der Waals surface area contributed by atoms with E-state index in [4.69, 9.17) is 0 Å². The van der Waals surface area contributed by atoms with Crippen molar-refractivity contribution < 1.29 is 0 Å². The summed E-state index contributed by atoms with van der Waals surface area (Å²) in [6.45, 7) is 5.46. The van der Waals surface area contributed by atoms with Crippen LogP contribution in [-0.2, 0) is 7.05 Å². The van der Waals surface area contributed by atoms with Crippen molar-refractivity contribution in [3.8, 4) is 0 Å². The maximum absolute atomic E-state index is 12.4. The summed E-state index contributed by atoms with van der Waals surface area (Å²) >= 11 is 0. The molecule has 0 saturated carbocycles. The minimum atomic E-state index is -0.0870. The van der Waals surface area contributed by atoms with E-state index in [-0.39, 0.29) is 11.6 Å². The van der Waals surface area contributed by atoms with Gasteiger partial charge in [0.25, 0.3) is 5.56 Å². The predicted molar refractivity (Wildman–Crippen MR) is 111 cm³/mol. The van der Waals surface area contributed by atoms with Crippen LogP contribution in [0.2, 0.25) is 0 Å². The smallest absolute Gasteiger partial charge is 0.258 e. The van der Waals surface area contributed by atoms with Crippen molar-refractivity contribution in [2.24, 2.45) is 7.05 Å². The van der Waals surface area contributed by atoms with Crippen molar-refractivity contribution in [2.75, 3.05) is 31.1 Å². The number of H-pyrrole nitrogens is 1. The summed E-state index contributed by atoms with van der Waals surface area (Å²) in [5, 5.41) is 5.89. The van der Waals surface area contributed by atoms with E-state index in [2.05, 4.69) is 41.8 Å². The fourth-order valence-corrected chi connectivity index (χ4v) is 4.00. The number of nitrogens with zero attached hydrogens (tertiary/aromatic N) is 7. The molecular weight excluding hydrogens is 368 g/mol. The number of fused-ring (bicyclic) bond motifs is 2. The molecule has 148 valence electrons. The zero-order valence-electron chi connectivity index (χ0n) is 16.4. The Bertz CT molecular complexity index is 1240. The molecule has 4 heterocycles. The van der Waals surface area contributed by atoms with Crippen molar-refractivity contribution in [3.05, 3.63) is 53.0 Å². The normalized spacial score (nSPS) is 16.6. The minimum absolute atomic E-state index is 0.0262. The van der Waals surface area contributed by atoms with Gasteiger partial charge >= 0.3 is 0 Å². The molecule has 1 saturated heterocycles. The van der Waals surface area contributed by atoms with Crippen molar-refractivity contribution >= 4 is 27.8 Å². The topological polar surface area (TPSA) is 95.8 Å². The largest absolute Gasteiger partial charge is 0.353 e. The summed E-state index contributed by atoms with van der Waals surface area (Å²) in [6.07, 6.45) is 3.42. The van der Waals surface area contributed by atoms with Gasteiger partial charge in [0.1, 0.15) is 18.0 Å². The third kappa shape index (κ3) is 3.03. The molecule has 3 aromatic heterocycles. The van der Waals surface area contributed by atoms with Gasteiger partial charge in [-0.15, -0.1) is 0 Å². The van der Waals surface area contributed by atoms with Gasteiger partial charge in [0.2, 0.25) is 0 Å². The highest BCUT2D eigenvalue weighted by atomic mass is 16.1. The summed E-state index contributed by atoms with van der Waals surface area (Å²) in [7, 11) is 1.88. The summed E-state index contributed by atoms with van der Waals surface area (Å²) in [4.78, 5) is 33.5. The molecular formula is C20H22N8O. The van der Waals surface area contributed by atoms with E-state index in [1.54, 1.807) is 17.1 Å². The third-order valence-electron chi connectivity index (χ3n) is 5.70. The maximum atomic E-state index is 12.4. The van der Waals surface area contributed by atoms with Crippen molar-refractivity contribution in [3.63, 3.8) is 0 Å². The van der Waals surface area contributed by atoms with Crippen LogP contribution in [0.15, 0.2) is 41.6 Å². The number of benzene rings is 1. The number of aromatic amines is 1. The Morgan fingerprint density at radius 1 is 1.07 bits per heavy atom. The number of anilines is 1. The van der Waals surface area contributed by atoms with E-state index in [1.165, 1.54) is 0 Å². The average molecular weight is 390 g/mol. The molecule has 1 atom stereocenters. The number of piperazine rings is 1. The van der Waals surface area contributed by atoms with Crippen LogP contribution in [0, 0.1) is 0 Å². The van der Waals surface area contributed by atoms with Crippen LogP contribution in [0.3, 0.4) is 0 Å². The number of aryl methyl sites for hydroxylation is 1. The second-order valence-electron chi connectivity index (χ2n) is 7.37. The van der Waals surface area contributed by atoms with Gasteiger partial charge < -0.3 is 9.88 Å². The van der Waals surface area contributed by atoms with E-state index in [9.17, 15) is 4.79 Å². The first-order chi connectivity index (χ1) is 14.1. The third-order valence-corrected chi connectivity index (χ3v) is 5.70. The Hall–Kier alpha value is -3.33. The molecule has 0 radical (unpaired) electrons. The van der Waals surface area contributed by atoms with Crippen LogP contribution in [0.25, 0.3) is 21.9 Å². The molecule has 0 spiro atoms. The molecule has 9 nitrogen and oxygen atoms in total. The molecule has 1 N–H and O–H groups in total. The highest BCUT2D eigenvalue weighted by molar-refractivity contribution is 5.86.